The van der Waals surface area contributed by atoms with E-state index >= 15 is 0 Å². The summed E-state index contributed by atoms with van der Waals surface area (Å²) in [5.74, 6) is -0.680. The van der Waals surface area contributed by atoms with Gasteiger partial charge in [0, 0.05) is 31.0 Å². The highest BCUT2D eigenvalue weighted by molar-refractivity contribution is 7.14. The zero-order chi connectivity index (χ0) is 17.5. The first-order valence-electron chi connectivity index (χ1n) is 7.38. The van der Waals surface area contributed by atoms with Gasteiger partial charge in [-0.15, -0.1) is 11.3 Å². The number of anilines is 1. The van der Waals surface area contributed by atoms with Gasteiger partial charge in [0.1, 0.15) is 5.69 Å². The first-order valence-corrected chi connectivity index (χ1v) is 8.26. The van der Waals surface area contributed by atoms with E-state index < -0.39 is 0 Å². The summed E-state index contributed by atoms with van der Waals surface area (Å²) in [5, 5.41) is 9.97. The summed E-state index contributed by atoms with van der Waals surface area (Å²) in [4.78, 5) is 38.7. The average Bonchev–Trinajstić information content (AvgIpc) is 3.01. The molecule has 8 heteroatoms. The number of benzene rings is 1. The third-order valence-corrected chi connectivity index (χ3v) is 3.78. The summed E-state index contributed by atoms with van der Waals surface area (Å²) >= 11 is 1.19. The SMILES string of the molecule is CCNC(=O)c1ccc(CNC(=O)c2csc(NC(C)=O)n2)cc1. The zero-order valence-electron chi connectivity index (χ0n) is 13.4. The third kappa shape index (κ3) is 4.88. The lowest BCUT2D eigenvalue weighted by molar-refractivity contribution is -0.114. The molecule has 0 unspecified atom stereocenters. The fourth-order valence-electron chi connectivity index (χ4n) is 1.90. The Labute approximate surface area is 143 Å². The van der Waals surface area contributed by atoms with Gasteiger partial charge in [0.05, 0.1) is 0 Å². The number of hydrogen-bond donors (Lipinski definition) is 3. The fraction of sp³-hybridized carbons (Fsp3) is 0.250. The molecule has 1 aromatic heterocycles. The van der Waals surface area contributed by atoms with Crippen LogP contribution in [-0.4, -0.2) is 29.3 Å². The molecule has 1 aromatic carbocycles. The summed E-state index contributed by atoms with van der Waals surface area (Å²) in [7, 11) is 0. The number of carbonyl (C=O) groups is 3. The van der Waals surface area contributed by atoms with Crippen LogP contribution in [0, 0.1) is 0 Å². The number of hydrogen-bond acceptors (Lipinski definition) is 5. The number of amides is 3. The number of thiazole rings is 1. The van der Waals surface area contributed by atoms with Crippen molar-refractivity contribution in [1.29, 1.82) is 0 Å². The minimum atomic E-state index is -0.323. The van der Waals surface area contributed by atoms with Gasteiger partial charge in [-0.1, -0.05) is 12.1 Å². The molecule has 0 bridgehead atoms. The van der Waals surface area contributed by atoms with E-state index in [9.17, 15) is 14.4 Å². The molecule has 0 radical (unpaired) electrons. The molecule has 0 saturated heterocycles. The minimum absolute atomic E-state index is 0.124. The molecule has 2 aromatic rings. The van der Waals surface area contributed by atoms with Crippen LogP contribution in [0.15, 0.2) is 29.6 Å². The van der Waals surface area contributed by atoms with Gasteiger partial charge in [0.15, 0.2) is 5.13 Å². The van der Waals surface area contributed by atoms with Gasteiger partial charge in [-0.25, -0.2) is 4.98 Å². The molecule has 126 valence electrons. The maximum Gasteiger partial charge on any atom is 0.271 e. The molecular formula is C16H18N4O3S. The summed E-state index contributed by atoms with van der Waals surface area (Å²) in [6, 6.07) is 7.00. The van der Waals surface area contributed by atoms with Crippen molar-refractivity contribution in [3.63, 3.8) is 0 Å². The molecular weight excluding hydrogens is 328 g/mol. The molecule has 0 spiro atoms. The van der Waals surface area contributed by atoms with Gasteiger partial charge in [0.25, 0.3) is 11.8 Å². The highest BCUT2D eigenvalue weighted by Gasteiger charge is 2.11. The lowest BCUT2D eigenvalue weighted by atomic mass is 10.1. The second kappa shape index (κ2) is 8.21. The standard InChI is InChI=1S/C16H18N4O3S/c1-3-17-14(22)12-6-4-11(5-7-12)8-18-15(23)13-9-24-16(20-13)19-10(2)21/h4-7,9H,3,8H2,1-2H3,(H,17,22)(H,18,23)(H,19,20,21). The predicted molar refractivity (Wildman–Crippen MR) is 92.0 cm³/mol. The van der Waals surface area contributed by atoms with E-state index in [1.807, 2.05) is 6.92 Å². The van der Waals surface area contributed by atoms with E-state index in [0.717, 1.165) is 5.56 Å². The topological polar surface area (TPSA) is 100 Å². The van der Waals surface area contributed by atoms with Gasteiger partial charge in [-0.2, -0.15) is 0 Å². The van der Waals surface area contributed by atoms with Crippen LogP contribution in [-0.2, 0) is 11.3 Å². The van der Waals surface area contributed by atoms with Crippen LogP contribution >= 0.6 is 11.3 Å². The molecule has 0 aliphatic heterocycles. The largest absolute Gasteiger partial charge is 0.352 e. The van der Waals surface area contributed by atoms with Crippen LogP contribution in [0.1, 0.15) is 40.3 Å². The van der Waals surface area contributed by atoms with Gasteiger partial charge in [-0.3, -0.25) is 14.4 Å². The number of nitrogens with zero attached hydrogens (tertiary/aromatic N) is 1. The van der Waals surface area contributed by atoms with Gasteiger partial charge in [-0.05, 0) is 24.6 Å². The zero-order valence-corrected chi connectivity index (χ0v) is 14.2. The molecule has 7 nitrogen and oxygen atoms in total. The van der Waals surface area contributed by atoms with E-state index in [-0.39, 0.29) is 23.4 Å². The Hall–Kier alpha value is -2.74. The second-order valence-electron chi connectivity index (χ2n) is 4.96. The summed E-state index contributed by atoms with van der Waals surface area (Å²) < 4.78 is 0. The molecule has 3 N–H and O–H groups in total. The van der Waals surface area contributed by atoms with Crippen molar-refractivity contribution in [2.45, 2.75) is 20.4 Å². The van der Waals surface area contributed by atoms with E-state index in [2.05, 4.69) is 20.9 Å². The van der Waals surface area contributed by atoms with Crippen molar-refractivity contribution in [2.75, 3.05) is 11.9 Å². The first kappa shape index (κ1) is 17.6. The maximum atomic E-state index is 12.0. The first-order chi connectivity index (χ1) is 11.5. The third-order valence-electron chi connectivity index (χ3n) is 3.03. The number of aromatic nitrogens is 1. The van der Waals surface area contributed by atoms with Crippen molar-refractivity contribution >= 4 is 34.2 Å². The molecule has 24 heavy (non-hydrogen) atoms. The Balaban J connectivity index is 1.90. The molecule has 0 atom stereocenters. The average molecular weight is 346 g/mol. The van der Waals surface area contributed by atoms with E-state index in [0.29, 0.717) is 23.8 Å². The van der Waals surface area contributed by atoms with Gasteiger partial charge >= 0.3 is 0 Å². The molecule has 2 rings (SSSR count). The van der Waals surface area contributed by atoms with Crippen LogP contribution in [0.5, 0.6) is 0 Å². The Morgan fingerprint density at radius 2 is 1.79 bits per heavy atom. The summed E-state index contributed by atoms with van der Waals surface area (Å²) in [6.07, 6.45) is 0. The molecule has 0 fully saturated rings. The second-order valence-corrected chi connectivity index (χ2v) is 5.82. The quantitative estimate of drug-likeness (QED) is 0.742. The molecule has 0 saturated carbocycles. The fourth-order valence-corrected chi connectivity index (χ4v) is 2.63. The van der Waals surface area contributed by atoms with E-state index in [1.165, 1.54) is 18.3 Å². The maximum absolute atomic E-state index is 12.0. The monoisotopic (exact) mass is 346 g/mol. The smallest absolute Gasteiger partial charge is 0.271 e. The van der Waals surface area contributed by atoms with Gasteiger partial charge in [0.2, 0.25) is 5.91 Å². The van der Waals surface area contributed by atoms with Crippen molar-refractivity contribution in [2.24, 2.45) is 0 Å². The lowest BCUT2D eigenvalue weighted by Crippen LogP contribution is -2.24. The van der Waals surface area contributed by atoms with Crippen LogP contribution in [0.4, 0.5) is 5.13 Å². The Morgan fingerprint density at radius 3 is 2.42 bits per heavy atom. The predicted octanol–water partition coefficient (Wildman–Crippen LogP) is 1.78. The molecule has 0 aliphatic rings. The van der Waals surface area contributed by atoms with E-state index in [1.54, 1.807) is 29.6 Å². The van der Waals surface area contributed by atoms with Crippen LogP contribution in [0.3, 0.4) is 0 Å². The van der Waals surface area contributed by atoms with Crippen LogP contribution < -0.4 is 16.0 Å². The van der Waals surface area contributed by atoms with Crippen LogP contribution in [0.2, 0.25) is 0 Å². The molecule has 3 amide bonds. The Bertz CT molecular complexity index is 740. The lowest BCUT2D eigenvalue weighted by Gasteiger charge is -2.06. The number of carbonyl (C=O) groups excluding carboxylic acids is 3. The van der Waals surface area contributed by atoms with E-state index in [4.69, 9.17) is 0 Å². The Morgan fingerprint density at radius 1 is 1.08 bits per heavy atom. The normalized spacial score (nSPS) is 10.1. The summed E-state index contributed by atoms with van der Waals surface area (Å²) in [5.41, 5.74) is 1.70. The number of nitrogens with one attached hydrogen (secondary N) is 3. The minimum Gasteiger partial charge on any atom is -0.352 e. The summed E-state index contributed by atoms with van der Waals surface area (Å²) in [6.45, 7) is 4.13. The molecule has 1 heterocycles. The van der Waals surface area contributed by atoms with Crippen LogP contribution in [0.25, 0.3) is 0 Å². The highest BCUT2D eigenvalue weighted by atomic mass is 32.1. The van der Waals surface area contributed by atoms with Crippen molar-refractivity contribution in [1.82, 2.24) is 15.6 Å². The number of rotatable bonds is 6. The van der Waals surface area contributed by atoms with Crippen molar-refractivity contribution in [3.05, 3.63) is 46.5 Å². The van der Waals surface area contributed by atoms with Crippen molar-refractivity contribution < 1.29 is 14.4 Å². The van der Waals surface area contributed by atoms with Gasteiger partial charge < -0.3 is 16.0 Å². The molecule has 0 aliphatic carbocycles. The van der Waals surface area contributed by atoms with Crippen molar-refractivity contribution in [3.8, 4) is 0 Å². The Kier molecular flexibility index (Phi) is 6.02. The highest BCUT2D eigenvalue weighted by Crippen LogP contribution is 2.15.